The first-order valence-corrected chi connectivity index (χ1v) is 8.28. The Hall–Kier alpha value is -1.03. The Morgan fingerprint density at radius 1 is 0.760 bits per heavy atom. The number of aliphatic hydroxyl groups excluding tert-OH is 6. The fourth-order valence-electron chi connectivity index (χ4n) is 2.06. The van der Waals surface area contributed by atoms with E-state index in [0.29, 0.717) is 24.0 Å². The maximum atomic E-state index is 12.1. The van der Waals surface area contributed by atoms with Crippen LogP contribution in [-0.2, 0) is 9.53 Å². The Morgan fingerprint density at radius 3 is 1.56 bits per heavy atom. The molecule has 0 saturated carbocycles. The van der Waals surface area contributed by atoms with Crippen molar-refractivity contribution in [1.29, 1.82) is 0 Å². The number of hydrogen-bond donors (Lipinski definition) is 6. The van der Waals surface area contributed by atoms with Crippen molar-refractivity contribution in [3.05, 3.63) is 11.1 Å². The summed E-state index contributed by atoms with van der Waals surface area (Å²) in [5.74, 6) is -0.553. The number of ether oxygens (including phenoxy) is 1. The second-order valence-corrected chi connectivity index (χ2v) is 6.74. The van der Waals surface area contributed by atoms with Gasteiger partial charge < -0.3 is 35.4 Å². The average Bonchev–Trinajstić information content (AvgIpc) is 2.66. The van der Waals surface area contributed by atoms with Gasteiger partial charge in [-0.25, -0.2) is 4.79 Å². The van der Waals surface area contributed by atoms with E-state index in [1.165, 1.54) is 0 Å². The molecule has 8 heteroatoms. The summed E-state index contributed by atoms with van der Waals surface area (Å²) in [5.41, 5.74) is -0.988. The molecule has 0 bridgehead atoms. The van der Waals surface area contributed by atoms with Crippen LogP contribution in [0.25, 0.3) is 0 Å². The molecular formula is C17H32O8. The molecular weight excluding hydrogens is 332 g/mol. The van der Waals surface area contributed by atoms with Crippen molar-refractivity contribution in [2.24, 2.45) is 10.8 Å². The first kappa shape index (κ1) is 24.0. The van der Waals surface area contributed by atoms with Crippen molar-refractivity contribution in [3.8, 4) is 0 Å². The summed E-state index contributed by atoms with van der Waals surface area (Å²) < 4.78 is 5.12. The molecule has 8 nitrogen and oxygen atoms in total. The van der Waals surface area contributed by atoms with E-state index in [9.17, 15) is 35.4 Å². The van der Waals surface area contributed by atoms with E-state index >= 15 is 0 Å². The molecule has 25 heavy (non-hydrogen) atoms. The second kappa shape index (κ2) is 11.6. The van der Waals surface area contributed by atoms with Crippen LogP contribution in [0.2, 0.25) is 0 Å². The molecule has 0 aromatic heterocycles. The minimum atomic E-state index is -1.09. The van der Waals surface area contributed by atoms with E-state index in [1.54, 1.807) is 13.8 Å². The van der Waals surface area contributed by atoms with Gasteiger partial charge in [0, 0.05) is 16.4 Å². The van der Waals surface area contributed by atoms with Gasteiger partial charge >= 0.3 is 5.97 Å². The Kier molecular flexibility index (Phi) is 11.1. The van der Waals surface area contributed by atoms with Gasteiger partial charge in [0.2, 0.25) is 0 Å². The van der Waals surface area contributed by atoms with Crippen LogP contribution in [0.15, 0.2) is 11.1 Å². The third kappa shape index (κ3) is 7.01. The van der Waals surface area contributed by atoms with Gasteiger partial charge in [-0.05, 0) is 33.1 Å². The van der Waals surface area contributed by atoms with E-state index in [2.05, 4.69) is 0 Å². The van der Waals surface area contributed by atoms with Crippen LogP contribution in [0.1, 0.15) is 33.1 Å². The molecule has 0 aromatic rings. The molecule has 0 atom stereocenters. The molecule has 0 aromatic carbocycles. The summed E-state index contributed by atoms with van der Waals surface area (Å²) in [4.78, 5) is 12.1. The zero-order valence-electron chi connectivity index (χ0n) is 15.1. The minimum absolute atomic E-state index is 0.0566. The smallest absolute Gasteiger partial charge is 0.333 e. The van der Waals surface area contributed by atoms with E-state index in [4.69, 9.17) is 4.74 Å². The number of carbonyl (C=O) groups excluding carboxylic acids is 1. The molecule has 0 aliphatic carbocycles. The van der Waals surface area contributed by atoms with Gasteiger partial charge in [0.1, 0.15) is 0 Å². The molecule has 0 saturated heterocycles. The van der Waals surface area contributed by atoms with Crippen molar-refractivity contribution >= 4 is 5.97 Å². The largest absolute Gasteiger partial charge is 0.462 e. The molecule has 148 valence electrons. The van der Waals surface area contributed by atoms with Crippen LogP contribution in [0.4, 0.5) is 0 Å². The Balaban J connectivity index is 4.67. The summed E-state index contributed by atoms with van der Waals surface area (Å²) >= 11 is 0. The number of esters is 1. The highest BCUT2D eigenvalue weighted by Gasteiger charge is 2.29. The fourth-order valence-corrected chi connectivity index (χ4v) is 2.06. The highest BCUT2D eigenvalue weighted by Crippen LogP contribution is 2.26. The number of allylic oxidation sites excluding steroid dienone is 1. The van der Waals surface area contributed by atoms with Crippen molar-refractivity contribution < 1.29 is 40.2 Å². The lowest BCUT2D eigenvalue weighted by molar-refractivity contribution is -0.140. The Labute approximate surface area is 148 Å². The summed E-state index contributed by atoms with van der Waals surface area (Å²) in [7, 11) is 0. The number of hydrogen-bond acceptors (Lipinski definition) is 8. The van der Waals surface area contributed by atoms with Gasteiger partial charge in [-0.2, -0.15) is 0 Å². The maximum Gasteiger partial charge on any atom is 0.333 e. The molecule has 0 rings (SSSR count). The molecule has 0 spiro atoms. The lowest BCUT2D eigenvalue weighted by Gasteiger charge is -2.27. The van der Waals surface area contributed by atoms with Crippen molar-refractivity contribution in [3.63, 3.8) is 0 Å². The first-order valence-electron chi connectivity index (χ1n) is 8.28. The number of aliphatic hydroxyl groups is 6. The fraction of sp³-hybridized carbons (Fsp3) is 0.824. The summed E-state index contributed by atoms with van der Waals surface area (Å²) in [6.07, 6.45) is 0.837. The number of rotatable bonds is 13. The van der Waals surface area contributed by atoms with Gasteiger partial charge in [-0.15, -0.1) is 0 Å². The van der Waals surface area contributed by atoms with Crippen molar-refractivity contribution in [2.45, 2.75) is 33.1 Å². The van der Waals surface area contributed by atoms with Crippen molar-refractivity contribution in [1.82, 2.24) is 0 Å². The van der Waals surface area contributed by atoms with Crippen LogP contribution in [0.5, 0.6) is 0 Å². The third-order valence-corrected chi connectivity index (χ3v) is 4.85. The molecule has 0 fully saturated rings. The van der Waals surface area contributed by atoms with E-state index < -0.39 is 36.6 Å². The third-order valence-electron chi connectivity index (χ3n) is 4.85. The first-order chi connectivity index (χ1) is 11.8. The van der Waals surface area contributed by atoms with Gasteiger partial charge in [-0.3, -0.25) is 0 Å². The lowest BCUT2D eigenvalue weighted by Crippen LogP contribution is -2.35. The van der Waals surface area contributed by atoms with Gasteiger partial charge in [-0.1, -0.05) is 5.57 Å². The standard InChI is InChI=1S/C17H32O8/c1-13(3-4-16(7-18,8-19)9-20)14(2)15(24)25-6-5-17(10-21,11-22)12-23/h18-23H,3-12H2,1-2H3. The van der Waals surface area contributed by atoms with Gasteiger partial charge in [0.25, 0.3) is 0 Å². The minimum Gasteiger partial charge on any atom is -0.462 e. The topological polar surface area (TPSA) is 148 Å². The molecule has 0 aliphatic rings. The van der Waals surface area contributed by atoms with Crippen LogP contribution >= 0.6 is 0 Å². The average molecular weight is 364 g/mol. The van der Waals surface area contributed by atoms with Crippen LogP contribution < -0.4 is 0 Å². The quantitative estimate of drug-likeness (QED) is 0.179. The summed E-state index contributed by atoms with van der Waals surface area (Å²) in [6, 6.07) is 0. The summed E-state index contributed by atoms with van der Waals surface area (Å²) in [5, 5.41) is 55.6. The van der Waals surface area contributed by atoms with E-state index in [1.807, 2.05) is 0 Å². The summed E-state index contributed by atoms with van der Waals surface area (Å²) in [6.45, 7) is 0.928. The predicted octanol–water partition coefficient (Wildman–Crippen LogP) is -1.04. The zero-order valence-corrected chi connectivity index (χ0v) is 15.1. The van der Waals surface area contributed by atoms with E-state index in [-0.39, 0.29) is 32.8 Å². The highest BCUT2D eigenvalue weighted by atomic mass is 16.5. The van der Waals surface area contributed by atoms with Crippen LogP contribution in [-0.4, -0.2) is 82.9 Å². The van der Waals surface area contributed by atoms with E-state index in [0.717, 1.165) is 0 Å². The predicted molar refractivity (Wildman–Crippen MR) is 90.6 cm³/mol. The SMILES string of the molecule is CC(CCC(CO)(CO)CO)=C(C)C(=O)OCCC(CO)(CO)CO. The second-order valence-electron chi connectivity index (χ2n) is 6.74. The molecule has 0 amide bonds. The molecule has 0 heterocycles. The van der Waals surface area contributed by atoms with Crippen LogP contribution in [0, 0.1) is 10.8 Å². The lowest BCUT2D eigenvalue weighted by atomic mass is 9.84. The molecule has 6 N–H and O–H groups in total. The Bertz CT molecular complexity index is 408. The highest BCUT2D eigenvalue weighted by molar-refractivity contribution is 5.88. The molecule has 0 radical (unpaired) electrons. The van der Waals surface area contributed by atoms with Crippen LogP contribution in [0.3, 0.4) is 0 Å². The molecule has 0 unspecified atom stereocenters. The maximum absolute atomic E-state index is 12.1. The zero-order chi connectivity index (χ0) is 19.5. The number of carbonyl (C=O) groups is 1. The molecule has 0 aliphatic heterocycles. The van der Waals surface area contributed by atoms with Gasteiger partial charge in [0.05, 0.1) is 46.2 Å². The normalized spacial score (nSPS) is 13.6. The van der Waals surface area contributed by atoms with Crippen molar-refractivity contribution in [2.75, 3.05) is 46.2 Å². The monoisotopic (exact) mass is 364 g/mol. The Morgan fingerprint density at radius 2 is 1.16 bits per heavy atom. The van der Waals surface area contributed by atoms with Gasteiger partial charge in [0.15, 0.2) is 0 Å².